The first-order valence-corrected chi connectivity index (χ1v) is 7.15. The van der Waals surface area contributed by atoms with Gasteiger partial charge in [-0.05, 0) is 65.8 Å². The van der Waals surface area contributed by atoms with Crippen LogP contribution in [0.25, 0.3) is 0 Å². The predicted octanol–water partition coefficient (Wildman–Crippen LogP) is 3.01. The number of ether oxygens (including phenoxy) is 2. The van der Waals surface area contributed by atoms with Gasteiger partial charge in [-0.1, -0.05) is 6.07 Å². The Hall–Kier alpha value is -0.740. The number of hydrogen-bond acceptors (Lipinski definition) is 3. The molecule has 0 radical (unpaired) electrons. The van der Waals surface area contributed by atoms with Crippen LogP contribution < -0.4 is 14.8 Å². The Bertz CT molecular complexity index is 403. The van der Waals surface area contributed by atoms with Gasteiger partial charge in [0.2, 0.25) is 0 Å². The molecule has 1 unspecified atom stereocenters. The van der Waals surface area contributed by atoms with E-state index in [4.69, 9.17) is 9.47 Å². The lowest BCUT2D eigenvalue weighted by atomic mass is 9.92. The van der Waals surface area contributed by atoms with Crippen molar-refractivity contribution in [2.45, 2.75) is 19.3 Å². The third kappa shape index (κ3) is 2.98. The lowest BCUT2D eigenvalue weighted by molar-refractivity contribution is 0.359. The SMILES string of the molecule is COc1ccc(CC2CCCNC2)c(OC)c1Br. The zero-order chi connectivity index (χ0) is 13.0. The van der Waals surface area contributed by atoms with E-state index < -0.39 is 0 Å². The second-order valence-corrected chi connectivity index (χ2v) is 5.48. The van der Waals surface area contributed by atoms with Crippen molar-refractivity contribution in [1.29, 1.82) is 0 Å². The summed E-state index contributed by atoms with van der Waals surface area (Å²) in [5.41, 5.74) is 1.25. The molecule has 2 rings (SSSR count). The molecule has 0 spiro atoms. The van der Waals surface area contributed by atoms with E-state index in [0.29, 0.717) is 5.92 Å². The molecule has 1 atom stereocenters. The van der Waals surface area contributed by atoms with Crippen molar-refractivity contribution in [3.05, 3.63) is 22.2 Å². The minimum Gasteiger partial charge on any atom is -0.495 e. The molecule has 0 bridgehead atoms. The summed E-state index contributed by atoms with van der Waals surface area (Å²) in [5, 5.41) is 3.45. The Morgan fingerprint density at radius 1 is 1.33 bits per heavy atom. The van der Waals surface area contributed by atoms with Crippen LogP contribution in [0.4, 0.5) is 0 Å². The number of hydrogen-bond donors (Lipinski definition) is 1. The Balaban J connectivity index is 2.18. The van der Waals surface area contributed by atoms with Crippen molar-refractivity contribution in [2.75, 3.05) is 27.3 Å². The minimum absolute atomic E-state index is 0.702. The molecule has 1 aromatic rings. The normalized spacial score (nSPS) is 19.6. The van der Waals surface area contributed by atoms with Gasteiger partial charge in [0, 0.05) is 0 Å². The second-order valence-electron chi connectivity index (χ2n) is 4.69. The van der Waals surface area contributed by atoms with Gasteiger partial charge in [0.15, 0.2) is 0 Å². The maximum atomic E-state index is 5.51. The van der Waals surface area contributed by atoms with Crippen LogP contribution in [0, 0.1) is 5.92 Å². The van der Waals surface area contributed by atoms with Crippen LogP contribution in [-0.4, -0.2) is 27.3 Å². The van der Waals surface area contributed by atoms with Gasteiger partial charge in [0.25, 0.3) is 0 Å². The second kappa shape index (κ2) is 6.43. The van der Waals surface area contributed by atoms with Crippen molar-refractivity contribution in [3.63, 3.8) is 0 Å². The Morgan fingerprint density at radius 3 is 2.78 bits per heavy atom. The van der Waals surface area contributed by atoms with Gasteiger partial charge in [-0.2, -0.15) is 0 Å². The molecule has 100 valence electrons. The van der Waals surface area contributed by atoms with Crippen LogP contribution in [0.5, 0.6) is 11.5 Å². The summed E-state index contributed by atoms with van der Waals surface area (Å²) in [6.45, 7) is 2.26. The third-order valence-electron chi connectivity index (χ3n) is 3.47. The van der Waals surface area contributed by atoms with Crippen LogP contribution >= 0.6 is 15.9 Å². The molecule has 1 fully saturated rings. The quantitative estimate of drug-likeness (QED) is 0.927. The van der Waals surface area contributed by atoms with E-state index in [9.17, 15) is 0 Å². The maximum absolute atomic E-state index is 5.51. The zero-order valence-electron chi connectivity index (χ0n) is 11.0. The van der Waals surface area contributed by atoms with E-state index >= 15 is 0 Å². The highest BCUT2D eigenvalue weighted by Gasteiger charge is 2.18. The van der Waals surface area contributed by atoms with Crippen molar-refractivity contribution in [2.24, 2.45) is 5.92 Å². The smallest absolute Gasteiger partial charge is 0.140 e. The highest BCUT2D eigenvalue weighted by Crippen LogP contribution is 2.38. The van der Waals surface area contributed by atoms with Gasteiger partial charge < -0.3 is 14.8 Å². The van der Waals surface area contributed by atoms with Crippen molar-refractivity contribution >= 4 is 15.9 Å². The monoisotopic (exact) mass is 313 g/mol. The highest BCUT2D eigenvalue weighted by atomic mass is 79.9. The molecular weight excluding hydrogens is 294 g/mol. The van der Waals surface area contributed by atoms with Crippen LogP contribution in [-0.2, 0) is 6.42 Å². The number of nitrogens with one attached hydrogen (secondary N) is 1. The van der Waals surface area contributed by atoms with Gasteiger partial charge in [0.05, 0.1) is 14.2 Å². The fourth-order valence-electron chi connectivity index (χ4n) is 2.53. The molecule has 1 heterocycles. The molecule has 18 heavy (non-hydrogen) atoms. The summed E-state index contributed by atoms with van der Waals surface area (Å²) in [6, 6.07) is 4.11. The van der Waals surface area contributed by atoms with E-state index in [1.807, 2.05) is 6.07 Å². The summed E-state index contributed by atoms with van der Waals surface area (Å²) >= 11 is 3.55. The summed E-state index contributed by atoms with van der Waals surface area (Å²) in [5.74, 6) is 2.42. The highest BCUT2D eigenvalue weighted by molar-refractivity contribution is 9.10. The van der Waals surface area contributed by atoms with Gasteiger partial charge >= 0.3 is 0 Å². The summed E-state index contributed by atoms with van der Waals surface area (Å²) in [7, 11) is 3.38. The molecule has 0 saturated carbocycles. The van der Waals surface area contributed by atoms with Crippen LogP contribution in [0.3, 0.4) is 0 Å². The number of methoxy groups -OCH3 is 2. The topological polar surface area (TPSA) is 30.5 Å². The number of rotatable bonds is 4. The molecule has 0 amide bonds. The predicted molar refractivity (Wildman–Crippen MR) is 76.5 cm³/mol. The first kappa shape index (κ1) is 13.7. The molecule has 1 aliphatic rings. The fourth-order valence-corrected chi connectivity index (χ4v) is 3.24. The summed E-state index contributed by atoms with van der Waals surface area (Å²) in [6.07, 6.45) is 3.61. The van der Waals surface area contributed by atoms with E-state index in [1.54, 1.807) is 14.2 Å². The summed E-state index contributed by atoms with van der Waals surface area (Å²) < 4.78 is 11.7. The molecular formula is C14H20BrNO2. The minimum atomic E-state index is 0.702. The Morgan fingerprint density at radius 2 is 2.17 bits per heavy atom. The van der Waals surface area contributed by atoms with Gasteiger partial charge in [-0.3, -0.25) is 0 Å². The Kier molecular flexibility index (Phi) is 4.89. The standard InChI is InChI=1S/C14H20BrNO2/c1-17-12-6-5-11(14(18-2)13(12)15)8-10-4-3-7-16-9-10/h5-6,10,16H,3-4,7-9H2,1-2H3. The summed E-state index contributed by atoms with van der Waals surface area (Å²) in [4.78, 5) is 0. The number of halogens is 1. The van der Waals surface area contributed by atoms with E-state index in [2.05, 4.69) is 27.3 Å². The molecule has 0 aliphatic carbocycles. The zero-order valence-corrected chi connectivity index (χ0v) is 12.5. The fraction of sp³-hybridized carbons (Fsp3) is 0.571. The molecule has 3 nitrogen and oxygen atoms in total. The van der Waals surface area contributed by atoms with Crippen LogP contribution in [0.1, 0.15) is 18.4 Å². The van der Waals surface area contributed by atoms with E-state index in [0.717, 1.165) is 35.5 Å². The largest absolute Gasteiger partial charge is 0.495 e. The molecule has 4 heteroatoms. The van der Waals surface area contributed by atoms with Crippen molar-refractivity contribution in [1.82, 2.24) is 5.32 Å². The molecule has 0 aromatic heterocycles. The van der Waals surface area contributed by atoms with Gasteiger partial charge in [-0.25, -0.2) is 0 Å². The maximum Gasteiger partial charge on any atom is 0.140 e. The molecule has 1 N–H and O–H groups in total. The van der Waals surface area contributed by atoms with Gasteiger partial charge in [-0.15, -0.1) is 0 Å². The number of benzene rings is 1. The Labute approximate surface area is 117 Å². The molecule has 1 aliphatic heterocycles. The lowest BCUT2D eigenvalue weighted by Gasteiger charge is -2.24. The lowest BCUT2D eigenvalue weighted by Crippen LogP contribution is -2.30. The average Bonchev–Trinajstić information content (AvgIpc) is 2.40. The van der Waals surface area contributed by atoms with E-state index in [1.165, 1.54) is 18.4 Å². The van der Waals surface area contributed by atoms with Crippen LogP contribution in [0.15, 0.2) is 16.6 Å². The molecule has 1 saturated heterocycles. The van der Waals surface area contributed by atoms with Gasteiger partial charge in [0.1, 0.15) is 16.0 Å². The first-order chi connectivity index (χ1) is 8.76. The van der Waals surface area contributed by atoms with Crippen LogP contribution in [0.2, 0.25) is 0 Å². The molecule has 1 aromatic carbocycles. The van der Waals surface area contributed by atoms with E-state index in [-0.39, 0.29) is 0 Å². The first-order valence-electron chi connectivity index (χ1n) is 6.36. The average molecular weight is 314 g/mol. The third-order valence-corrected chi connectivity index (χ3v) is 4.23. The van der Waals surface area contributed by atoms with Crippen molar-refractivity contribution < 1.29 is 9.47 Å². The van der Waals surface area contributed by atoms with Crippen molar-refractivity contribution in [3.8, 4) is 11.5 Å². The number of piperidine rings is 1.